The van der Waals surface area contributed by atoms with Crippen molar-refractivity contribution in [1.29, 1.82) is 0 Å². The second-order valence-corrected chi connectivity index (χ2v) is 6.29. The Bertz CT molecular complexity index is 816. The molecule has 0 fully saturated rings. The molecule has 0 radical (unpaired) electrons. The summed E-state index contributed by atoms with van der Waals surface area (Å²) in [5.41, 5.74) is 1.30. The van der Waals surface area contributed by atoms with Gasteiger partial charge in [0.05, 0.1) is 12.8 Å². The maximum Gasteiger partial charge on any atom is 0.254 e. The van der Waals surface area contributed by atoms with Crippen molar-refractivity contribution >= 4 is 21.8 Å². The Hall–Kier alpha value is -2.40. The fraction of sp³-hybridized carbons (Fsp3) is 0.105. The number of amides is 1. The molecule has 1 amide bonds. The lowest BCUT2D eigenvalue weighted by Gasteiger charge is -2.22. The number of carbonyl (C=O) groups excluding carboxylic acids is 1. The monoisotopic (exact) mass is 387 g/mol. The molecule has 0 bridgehead atoms. The average molecular weight is 388 g/mol. The highest BCUT2D eigenvalue weighted by atomic mass is 79.9. The van der Waals surface area contributed by atoms with Gasteiger partial charge in [-0.25, -0.2) is 4.39 Å². The molecule has 0 N–H and O–H groups in total. The summed E-state index contributed by atoms with van der Waals surface area (Å²) in [4.78, 5) is 14.5. The molecule has 0 aliphatic carbocycles. The van der Waals surface area contributed by atoms with Gasteiger partial charge < -0.3 is 9.32 Å². The van der Waals surface area contributed by atoms with Crippen LogP contribution in [-0.2, 0) is 13.1 Å². The van der Waals surface area contributed by atoms with E-state index in [9.17, 15) is 9.18 Å². The number of furan rings is 1. The summed E-state index contributed by atoms with van der Waals surface area (Å²) in [5.74, 6) is 0.224. The number of hydrogen-bond donors (Lipinski definition) is 0. The molecule has 3 rings (SSSR count). The van der Waals surface area contributed by atoms with Gasteiger partial charge in [-0.2, -0.15) is 0 Å². The molecule has 0 aliphatic rings. The van der Waals surface area contributed by atoms with E-state index in [-0.39, 0.29) is 11.7 Å². The van der Waals surface area contributed by atoms with Gasteiger partial charge in [0.25, 0.3) is 5.91 Å². The number of nitrogens with zero attached hydrogens (tertiary/aromatic N) is 1. The van der Waals surface area contributed by atoms with Crippen molar-refractivity contribution in [3.63, 3.8) is 0 Å². The highest BCUT2D eigenvalue weighted by molar-refractivity contribution is 9.10. The lowest BCUT2D eigenvalue weighted by atomic mass is 10.1. The van der Waals surface area contributed by atoms with Crippen molar-refractivity contribution in [3.05, 3.63) is 94.1 Å². The molecular formula is C19H15BrFNO2. The minimum Gasteiger partial charge on any atom is -0.467 e. The summed E-state index contributed by atoms with van der Waals surface area (Å²) in [7, 11) is 0. The number of halogens is 2. The third-order valence-electron chi connectivity index (χ3n) is 3.57. The maximum absolute atomic E-state index is 13.4. The average Bonchev–Trinajstić information content (AvgIpc) is 3.07. The van der Waals surface area contributed by atoms with Crippen LogP contribution in [0.2, 0.25) is 0 Å². The molecule has 2 aromatic carbocycles. The van der Waals surface area contributed by atoms with Crippen molar-refractivity contribution < 1.29 is 13.6 Å². The number of benzene rings is 2. The van der Waals surface area contributed by atoms with E-state index in [0.29, 0.717) is 24.4 Å². The molecule has 0 spiro atoms. The van der Waals surface area contributed by atoms with Crippen molar-refractivity contribution in [2.45, 2.75) is 13.1 Å². The zero-order valence-corrected chi connectivity index (χ0v) is 14.4. The minimum atomic E-state index is -0.318. The first-order valence-corrected chi connectivity index (χ1v) is 8.23. The van der Waals surface area contributed by atoms with E-state index in [1.807, 2.05) is 18.2 Å². The van der Waals surface area contributed by atoms with Gasteiger partial charge in [0.1, 0.15) is 11.6 Å². The lowest BCUT2D eigenvalue weighted by molar-refractivity contribution is 0.0717. The van der Waals surface area contributed by atoms with Gasteiger partial charge in [0.15, 0.2) is 0 Å². The van der Waals surface area contributed by atoms with Crippen LogP contribution in [0.5, 0.6) is 0 Å². The molecule has 1 aromatic heterocycles. The van der Waals surface area contributed by atoms with E-state index in [0.717, 1.165) is 10.0 Å². The van der Waals surface area contributed by atoms with Gasteiger partial charge in [0, 0.05) is 16.6 Å². The largest absolute Gasteiger partial charge is 0.467 e. The van der Waals surface area contributed by atoms with Crippen LogP contribution in [0.4, 0.5) is 4.39 Å². The Morgan fingerprint density at radius 2 is 1.83 bits per heavy atom. The van der Waals surface area contributed by atoms with Gasteiger partial charge >= 0.3 is 0 Å². The van der Waals surface area contributed by atoms with Crippen molar-refractivity contribution in [1.82, 2.24) is 4.90 Å². The second-order valence-electron chi connectivity index (χ2n) is 5.38. The molecule has 0 saturated carbocycles. The summed E-state index contributed by atoms with van der Waals surface area (Å²) in [6, 6.07) is 17.0. The molecule has 0 atom stereocenters. The molecule has 122 valence electrons. The van der Waals surface area contributed by atoms with Crippen LogP contribution in [0.1, 0.15) is 21.7 Å². The molecule has 5 heteroatoms. The van der Waals surface area contributed by atoms with Crippen molar-refractivity contribution in [2.24, 2.45) is 0 Å². The van der Waals surface area contributed by atoms with Crippen molar-refractivity contribution in [3.8, 4) is 0 Å². The number of hydrogen-bond acceptors (Lipinski definition) is 2. The van der Waals surface area contributed by atoms with E-state index < -0.39 is 0 Å². The van der Waals surface area contributed by atoms with Gasteiger partial charge in [-0.15, -0.1) is 0 Å². The fourth-order valence-electron chi connectivity index (χ4n) is 2.42. The molecular weight excluding hydrogens is 373 g/mol. The maximum atomic E-state index is 13.4. The lowest BCUT2D eigenvalue weighted by Crippen LogP contribution is -2.30. The summed E-state index contributed by atoms with van der Waals surface area (Å²) in [5, 5.41) is 0. The smallest absolute Gasteiger partial charge is 0.254 e. The predicted molar refractivity (Wildman–Crippen MR) is 92.8 cm³/mol. The third-order valence-corrected chi connectivity index (χ3v) is 4.10. The first kappa shape index (κ1) is 16.5. The van der Waals surface area contributed by atoms with E-state index in [1.54, 1.807) is 41.5 Å². The summed E-state index contributed by atoms with van der Waals surface area (Å²) in [6.07, 6.45) is 1.57. The third kappa shape index (κ3) is 4.11. The molecule has 0 unspecified atom stereocenters. The van der Waals surface area contributed by atoms with Crippen LogP contribution < -0.4 is 0 Å². The summed E-state index contributed by atoms with van der Waals surface area (Å²) in [6.45, 7) is 0.617. The van der Waals surface area contributed by atoms with Crippen LogP contribution in [-0.4, -0.2) is 10.8 Å². The van der Waals surface area contributed by atoms with Crippen LogP contribution in [0.15, 0.2) is 75.8 Å². The van der Waals surface area contributed by atoms with Gasteiger partial charge in [-0.1, -0.05) is 28.1 Å². The highest BCUT2D eigenvalue weighted by Crippen LogP contribution is 2.17. The summed E-state index contributed by atoms with van der Waals surface area (Å²) < 4.78 is 19.7. The molecule has 1 heterocycles. The van der Waals surface area contributed by atoms with Gasteiger partial charge in [-0.3, -0.25) is 4.79 Å². The quantitative estimate of drug-likeness (QED) is 0.615. The standard InChI is InChI=1S/C19H15BrFNO2/c20-16-8-6-15(7-9-16)19(23)22(13-18-5-2-10-24-18)12-14-3-1-4-17(21)11-14/h1-11H,12-13H2. The highest BCUT2D eigenvalue weighted by Gasteiger charge is 2.18. The topological polar surface area (TPSA) is 33.5 Å². The molecule has 0 aliphatic heterocycles. The van der Waals surface area contributed by atoms with E-state index in [2.05, 4.69) is 15.9 Å². The fourth-order valence-corrected chi connectivity index (χ4v) is 2.69. The van der Waals surface area contributed by atoms with Crippen LogP contribution in [0.25, 0.3) is 0 Å². The molecule has 3 aromatic rings. The van der Waals surface area contributed by atoms with E-state index in [4.69, 9.17) is 4.42 Å². The van der Waals surface area contributed by atoms with E-state index in [1.165, 1.54) is 12.1 Å². The first-order valence-electron chi connectivity index (χ1n) is 7.43. The number of carbonyl (C=O) groups is 1. The van der Waals surface area contributed by atoms with Crippen LogP contribution in [0.3, 0.4) is 0 Å². The normalized spacial score (nSPS) is 10.6. The van der Waals surface area contributed by atoms with Crippen molar-refractivity contribution in [2.75, 3.05) is 0 Å². The Kier molecular flexibility index (Phi) is 5.11. The SMILES string of the molecule is O=C(c1ccc(Br)cc1)N(Cc1cccc(F)c1)Cc1ccco1. The van der Waals surface area contributed by atoms with Crippen LogP contribution in [0, 0.1) is 5.82 Å². The Morgan fingerprint density at radius 1 is 1.04 bits per heavy atom. The summed E-state index contributed by atoms with van der Waals surface area (Å²) >= 11 is 3.36. The minimum absolute atomic E-state index is 0.136. The molecule has 3 nitrogen and oxygen atoms in total. The zero-order chi connectivity index (χ0) is 16.9. The molecule has 0 saturated heterocycles. The van der Waals surface area contributed by atoms with Crippen LogP contribution >= 0.6 is 15.9 Å². The van der Waals surface area contributed by atoms with E-state index >= 15 is 0 Å². The predicted octanol–water partition coefficient (Wildman–Crippen LogP) is 5.02. The van der Waals surface area contributed by atoms with Gasteiger partial charge in [-0.05, 0) is 54.1 Å². The Morgan fingerprint density at radius 3 is 2.50 bits per heavy atom. The Labute approximate surface area is 147 Å². The Balaban J connectivity index is 1.86. The zero-order valence-electron chi connectivity index (χ0n) is 12.8. The molecule has 24 heavy (non-hydrogen) atoms. The number of rotatable bonds is 5. The first-order chi connectivity index (χ1) is 11.6. The second kappa shape index (κ2) is 7.45. The van der Waals surface area contributed by atoms with Gasteiger partial charge in [0.2, 0.25) is 0 Å².